The zero-order chi connectivity index (χ0) is 20.8. The third-order valence-corrected chi connectivity index (χ3v) is 5.84. The molecular formula is C23H20Br2N2O2. The van der Waals surface area contributed by atoms with Crippen molar-refractivity contribution >= 4 is 44.0 Å². The molecule has 0 aliphatic carbocycles. The van der Waals surface area contributed by atoms with E-state index in [4.69, 9.17) is 0 Å². The second-order valence-corrected chi connectivity index (χ2v) is 8.37. The molecular weight excluding hydrogens is 496 g/mol. The molecule has 1 unspecified atom stereocenters. The van der Waals surface area contributed by atoms with Gasteiger partial charge in [0.1, 0.15) is 5.75 Å². The van der Waals surface area contributed by atoms with Crippen molar-refractivity contribution in [2.45, 2.75) is 19.3 Å². The van der Waals surface area contributed by atoms with E-state index in [1.807, 2.05) is 61.5 Å². The standard InChI is InChI=1S/C23H20Br2N2O2/c1-15-7-5-6-10-18(15)13-19(17-8-3-2-4-9-17)23(29)27-26-14-16-11-20(24)22(28)21(25)12-16/h2-12,14,19,28H,13H2,1H3,(H,27,29)/b26-14+. The Labute approximate surface area is 186 Å². The molecule has 148 valence electrons. The first-order valence-electron chi connectivity index (χ1n) is 9.06. The Hall–Kier alpha value is -2.44. The van der Waals surface area contributed by atoms with Crippen LogP contribution < -0.4 is 5.43 Å². The Balaban J connectivity index is 1.79. The minimum absolute atomic E-state index is 0.119. The summed E-state index contributed by atoms with van der Waals surface area (Å²) in [6, 6.07) is 21.2. The van der Waals surface area contributed by atoms with Crippen LogP contribution in [0.3, 0.4) is 0 Å². The third-order valence-electron chi connectivity index (χ3n) is 4.63. The Kier molecular flexibility index (Phi) is 7.23. The Morgan fingerprint density at radius 2 is 1.69 bits per heavy atom. The highest BCUT2D eigenvalue weighted by Crippen LogP contribution is 2.32. The van der Waals surface area contributed by atoms with Crippen LogP contribution in [0, 0.1) is 6.92 Å². The normalized spacial score (nSPS) is 12.1. The lowest BCUT2D eigenvalue weighted by molar-refractivity contribution is -0.122. The molecule has 0 spiro atoms. The van der Waals surface area contributed by atoms with Gasteiger partial charge in [0.2, 0.25) is 5.91 Å². The van der Waals surface area contributed by atoms with Crippen LogP contribution in [0.5, 0.6) is 5.75 Å². The topological polar surface area (TPSA) is 61.7 Å². The van der Waals surface area contributed by atoms with Crippen LogP contribution >= 0.6 is 31.9 Å². The maximum atomic E-state index is 13.0. The van der Waals surface area contributed by atoms with Crippen molar-refractivity contribution < 1.29 is 9.90 Å². The first kappa shape index (κ1) is 21.3. The number of hydrazone groups is 1. The van der Waals surface area contributed by atoms with Gasteiger partial charge in [0.15, 0.2) is 0 Å². The minimum atomic E-state index is -0.354. The predicted molar refractivity (Wildman–Crippen MR) is 123 cm³/mol. The monoisotopic (exact) mass is 514 g/mol. The zero-order valence-electron chi connectivity index (χ0n) is 15.8. The molecule has 3 rings (SSSR count). The van der Waals surface area contributed by atoms with Gasteiger partial charge in [0.25, 0.3) is 0 Å². The van der Waals surface area contributed by atoms with E-state index in [0.29, 0.717) is 15.4 Å². The van der Waals surface area contributed by atoms with Gasteiger partial charge in [-0.25, -0.2) is 5.43 Å². The number of carbonyl (C=O) groups excluding carboxylic acids is 1. The number of amides is 1. The number of phenols is 1. The van der Waals surface area contributed by atoms with Crippen molar-refractivity contribution in [1.29, 1.82) is 0 Å². The lowest BCUT2D eigenvalue weighted by Crippen LogP contribution is -2.27. The Bertz CT molecular complexity index is 1010. The number of aryl methyl sites for hydroxylation is 1. The average molecular weight is 516 g/mol. The van der Waals surface area contributed by atoms with Crippen molar-refractivity contribution in [2.75, 3.05) is 0 Å². The van der Waals surface area contributed by atoms with Gasteiger partial charge in [0, 0.05) is 0 Å². The van der Waals surface area contributed by atoms with Crippen LogP contribution in [0.1, 0.15) is 28.2 Å². The number of aromatic hydroxyl groups is 1. The molecule has 3 aromatic carbocycles. The SMILES string of the molecule is Cc1ccccc1CC(C(=O)N/N=C/c1cc(Br)c(O)c(Br)c1)c1ccccc1. The van der Waals surface area contributed by atoms with Crippen LogP contribution in [0.4, 0.5) is 0 Å². The van der Waals surface area contributed by atoms with Crippen molar-refractivity contribution in [3.05, 3.63) is 97.9 Å². The lowest BCUT2D eigenvalue weighted by Gasteiger charge is -2.17. The number of halogens is 2. The van der Waals surface area contributed by atoms with E-state index in [9.17, 15) is 9.90 Å². The molecule has 6 heteroatoms. The number of nitrogens with one attached hydrogen (secondary N) is 1. The first-order valence-corrected chi connectivity index (χ1v) is 10.6. The maximum absolute atomic E-state index is 13.0. The van der Waals surface area contributed by atoms with Gasteiger partial charge in [-0.3, -0.25) is 4.79 Å². The number of phenolic OH excluding ortho intramolecular Hbond substituents is 1. The summed E-state index contributed by atoms with van der Waals surface area (Å²) >= 11 is 6.57. The second kappa shape index (κ2) is 9.85. The highest BCUT2D eigenvalue weighted by molar-refractivity contribution is 9.11. The van der Waals surface area contributed by atoms with Crippen molar-refractivity contribution in [2.24, 2.45) is 5.10 Å². The first-order chi connectivity index (χ1) is 14.0. The zero-order valence-corrected chi connectivity index (χ0v) is 18.9. The molecule has 0 fully saturated rings. The highest BCUT2D eigenvalue weighted by Gasteiger charge is 2.21. The second-order valence-electron chi connectivity index (χ2n) is 6.66. The molecule has 0 radical (unpaired) electrons. The molecule has 0 aromatic heterocycles. The molecule has 4 nitrogen and oxygen atoms in total. The van der Waals surface area contributed by atoms with Crippen LogP contribution in [0.15, 0.2) is 80.8 Å². The molecule has 0 bridgehead atoms. The molecule has 0 saturated carbocycles. The van der Waals surface area contributed by atoms with Gasteiger partial charge >= 0.3 is 0 Å². The molecule has 1 amide bonds. The molecule has 0 heterocycles. The number of carbonyl (C=O) groups is 1. The van der Waals surface area contributed by atoms with E-state index >= 15 is 0 Å². The van der Waals surface area contributed by atoms with Gasteiger partial charge in [0.05, 0.1) is 21.1 Å². The summed E-state index contributed by atoms with van der Waals surface area (Å²) in [5, 5.41) is 13.9. The molecule has 0 saturated heterocycles. The van der Waals surface area contributed by atoms with Gasteiger partial charge in [-0.1, -0.05) is 54.6 Å². The van der Waals surface area contributed by atoms with Crippen molar-refractivity contribution in [3.8, 4) is 5.75 Å². The largest absolute Gasteiger partial charge is 0.506 e. The third kappa shape index (κ3) is 5.55. The van der Waals surface area contributed by atoms with Gasteiger partial charge in [-0.2, -0.15) is 5.10 Å². The summed E-state index contributed by atoms with van der Waals surface area (Å²) in [4.78, 5) is 13.0. The van der Waals surface area contributed by atoms with Gasteiger partial charge in [-0.15, -0.1) is 0 Å². The average Bonchev–Trinajstić information content (AvgIpc) is 2.72. The van der Waals surface area contributed by atoms with E-state index in [1.165, 1.54) is 0 Å². The number of benzene rings is 3. The van der Waals surface area contributed by atoms with E-state index in [-0.39, 0.29) is 17.6 Å². The van der Waals surface area contributed by atoms with E-state index < -0.39 is 0 Å². The summed E-state index contributed by atoms with van der Waals surface area (Å²) < 4.78 is 1.09. The fourth-order valence-electron chi connectivity index (χ4n) is 3.01. The Morgan fingerprint density at radius 1 is 1.07 bits per heavy atom. The molecule has 1 atom stereocenters. The fraction of sp³-hybridized carbons (Fsp3) is 0.130. The van der Waals surface area contributed by atoms with Crippen molar-refractivity contribution in [1.82, 2.24) is 5.43 Å². The van der Waals surface area contributed by atoms with Gasteiger partial charge in [-0.05, 0) is 79.6 Å². The van der Waals surface area contributed by atoms with Crippen LogP contribution in [0.25, 0.3) is 0 Å². The van der Waals surface area contributed by atoms with Gasteiger partial charge < -0.3 is 5.11 Å². The van der Waals surface area contributed by atoms with Crippen molar-refractivity contribution in [3.63, 3.8) is 0 Å². The van der Waals surface area contributed by atoms with Crippen LogP contribution in [-0.2, 0) is 11.2 Å². The Morgan fingerprint density at radius 3 is 2.34 bits per heavy atom. The summed E-state index contributed by atoms with van der Waals surface area (Å²) in [5.41, 5.74) is 6.62. The minimum Gasteiger partial charge on any atom is -0.506 e. The summed E-state index contributed by atoms with van der Waals surface area (Å²) in [7, 11) is 0. The highest BCUT2D eigenvalue weighted by atomic mass is 79.9. The number of hydrogen-bond acceptors (Lipinski definition) is 3. The van der Waals surface area contributed by atoms with E-state index in [1.54, 1.807) is 18.3 Å². The number of nitrogens with zero attached hydrogens (tertiary/aromatic N) is 1. The predicted octanol–water partition coefficient (Wildman–Crippen LogP) is 5.70. The molecule has 2 N–H and O–H groups in total. The summed E-state index contributed by atoms with van der Waals surface area (Å²) in [6.45, 7) is 2.05. The number of rotatable bonds is 6. The molecule has 0 aliphatic rings. The molecule has 0 aliphatic heterocycles. The number of hydrogen-bond donors (Lipinski definition) is 2. The van der Waals surface area contributed by atoms with E-state index in [0.717, 1.165) is 22.3 Å². The lowest BCUT2D eigenvalue weighted by atomic mass is 9.90. The summed E-state index contributed by atoms with van der Waals surface area (Å²) in [5.74, 6) is -0.408. The smallest absolute Gasteiger partial charge is 0.247 e. The fourth-order valence-corrected chi connectivity index (χ4v) is 4.24. The quantitative estimate of drug-likeness (QED) is 0.326. The maximum Gasteiger partial charge on any atom is 0.247 e. The van der Waals surface area contributed by atoms with E-state index in [2.05, 4.69) is 42.4 Å². The molecule has 3 aromatic rings. The summed E-state index contributed by atoms with van der Waals surface area (Å²) in [6.07, 6.45) is 2.14. The molecule has 29 heavy (non-hydrogen) atoms. The van der Waals surface area contributed by atoms with Crippen LogP contribution in [-0.4, -0.2) is 17.2 Å². The van der Waals surface area contributed by atoms with Crippen LogP contribution in [0.2, 0.25) is 0 Å².